The molecule has 0 spiro atoms. The highest BCUT2D eigenvalue weighted by Gasteiger charge is 2.48. The molecule has 4 aliphatic rings. The van der Waals surface area contributed by atoms with Crippen LogP contribution >= 0.6 is 23.1 Å². The molecular formula is C60H55BN2OS2. The van der Waals surface area contributed by atoms with Gasteiger partial charge in [0.15, 0.2) is 5.58 Å². The van der Waals surface area contributed by atoms with E-state index in [4.69, 9.17) is 4.42 Å². The molecule has 6 heteroatoms. The summed E-state index contributed by atoms with van der Waals surface area (Å²) < 4.78 is 9.69. The number of hydrogen-bond donors (Lipinski definition) is 0. The van der Waals surface area contributed by atoms with Gasteiger partial charge in [-0.2, -0.15) is 0 Å². The first-order valence-electron chi connectivity index (χ1n) is 23.8. The van der Waals surface area contributed by atoms with E-state index in [1.54, 1.807) is 0 Å². The summed E-state index contributed by atoms with van der Waals surface area (Å²) in [6, 6.07) is 49.1. The zero-order valence-electron chi connectivity index (χ0n) is 39.7. The van der Waals surface area contributed by atoms with Gasteiger partial charge in [-0.05, 0) is 141 Å². The average Bonchev–Trinajstić information content (AvgIpc) is 3.86. The first-order valence-corrected chi connectivity index (χ1v) is 25.5. The van der Waals surface area contributed by atoms with Gasteiger partial charge >= 0.3 is 0 Å². The van der Waals surface area contributed by atoms with Crippen LogP contribution in [-0.4, -0.2) is 6.71 Å². The largest absolute Gasteiger partial charge is 0.454 e. The van der Waals surface area contributed by atoms with E-state index in [-0.39, 0.29) is 28.4 Å². The van der Waals surface area contributed by atoms with Gasteiger partial charge in [0.25, 0.3) is 6.71 Å². The third-order valence-electron chi connectivity index (χ3n) is 15.9. The van der Waals surface area contributed by atoms with Gasteiger partial charge in [0.05, 0.1) is 11.4 Å². The Morgan fingerprint density at radius 2 is 1.32 bits per heavy atom. The predicted molar refractivity (Wildman–Crippen MR) is 285 cm³/mol. The Bertz CT molecular complexity index is 3580. The second kappa shape index (κ2) is 13.5. The Hall–Kier alpha value is -5.69. The topological polar surface area (TPSA) is 19.6 Å². The Balaban J connectivity index is 1.16. The number of furan rings is 1. The zero-order valence-corrected chi connectivity index (χ0v) is 41.4. The van der Waals surface area contributed by atoms with Gasteiger partial charge in [-0.15, -0.1) is 11.3 Å². The molecule has 0 atom stereocenters. The van der Waals surface area contributed by atoms with Gasteiger partial charge in [0.1, 0.15) is 5.58 Å². The van der Waals surface area contributed by atoms with Crippen LogP contribution in [0.1, 0.15) is 109 Å². The molecule has 0 unspecified atom stereocenters. The van der Waals surface area contributed by atoms with E-state index < -0.39 is 0 Å². The smallest absolute Gasteiger partial charge is 0.264 e. The van der Waals surface area contributed by atoms with Crippen LogP contribution in [-0.2, 0) is 21.7 Å². The number of aryl methyl sites for hydroxylation is 1. The van der Waals surface area contributed by atoms with Crippen LogP contribution in [0.25, 0.3) is 32.0 Å². The molecule has 3 nitrogen and oxygen atoms in total. The lowest BCUT2D eigenvalue weighted by molar-refractivity contribution is 0.332. The first kappa shape index (κ1) is 40.6. The van der Waals surface area contributed by atoms with Crippen molar-refractivity contribution < 1.29 is 4.42 Å². The number of hydrogen-bond acceptors (Lipinski definition) is 5. The minimum absolute atomic E-state index is 0.000184. The standard InChI is InChI=1S/C60H55BN2OS2/c1-34-28-47-53-48(29-34)63(45-19-15-17-38-37-16-11-13-20-49(37)64-55(38)45)46-33-52-43(60(9,10)41-18-12-14-21-51(41)65-52)32-44(46)61(53)56-54(39-30-35(57(2,3)4)22-25-50(39)66-56)62(47)36-23-24-40-42(31-36)59(7,8)27-26-58(40,5)6/h11-25,28-33H,26-27H2,1-10H3. The van der Waals surface area contributed by atoms with Crippen molar-refractivity contribution in [2.24, 2.45) is 0 Å². The minimum Gasteiger partial charge on any atom is -0.454 e. The number of anilines is 6. The maximum absolute atomic E-state index is 6.95. The quantitative estimate of drug-likeness (QED) is 0.161. The monoisotopic (exact) mass is 894 g/mol. The molecule has 0 N–H and O–H groups in total. The molecule has 66 heavy (non-hydrogen) atoms. The van der Waals surface area contributed by atoms with E-state index in [1.165, 1.54) is 110 Å². The van der Waals surface area contributed by atoms with Gasteiger partial charge in [-0.3, -0.25) is 0 Å². The number of fused-ring (bicyclic) bond motifs is 12. The van der Waals surface area contributed by atoms with E-state index in [0.717, 1.165) is 27.6 Å². The van der Waals surface area contributed by atoms with E-state index in [9.17, 15) is 0 Å². The molecule has 0 fully saturated rings. The van der Waals surface area contributed by atoms with Gasteiger partial charge < -0.3 is 14.2 Å². The van der Waals surface area contributed by atoms with E-state index in [0.29, 0.717) is 0 Å². The maximum Gasteiger partial charge on any atom is 0.264 e. The molecule has 0 radical (unpaired) electrons. The summed E-state index contributed by atoms with van der Waals surface area (Å²) >= 11 is 3.92. The number of benzene rings is 7. The Morgan fingerprint density at radius 3 is 2.12 bits per heavy atom. The number of rotatable bonds is 2. The van der Waals surface area contributed by atoms with Crippen LogP contribution in [0.15, 0.2) is 142 Å². The molecular weight excluding hydrogens is 840 g/mol. The molecule has 13 rings (SSSR count). The molecule has 326 valence electrons. The number of thiophene rings is 1. The van der Waals surface area contributed by atoms with Crippen LogP contribution in [0.2, 0.25) is 0 Å². The molecule has 0 saturated carbocycles. The first-order chi connectivity index (χ1) is 31.5. The molecule has 2 aromatic heterocycles. The van der Waals surface area contributed by atoms with Crippen LogP contribution in [0.3, 0.4) is 0 Å². The summed E-state index contributed by atoms with van der Waals surface area (Å²) in [6.07, 6.45) is 2.36. The van der Waals surface area contributed by atoms with Crippen molar-refractivity contribution in [3.05, 3.63) is 161 Å². The van der Waals surface area contributed by atoms with Gasteiger partial charge in [-0.1, -0.05) is 141 Å². The SMILES string of the molecule is Cc1cc2c3c(c1)N(c1cccc4c1oc1ccccc14)c1cc4c(cc1B3c1sc3ccc(C(C)(C)C)cc3c1N2c1ccc2c(c1)C(C)(C)CCC2(C)C)C(C)(C)c1ccccc1S4. The van der Waals surface area contributed by atoms with Crippen molar-refractivity contribution in [1.29, 1.82) is 0 Å². The molecule has 1 aliphatic carbocycles. The fraction of sp³-hybridized carbons (Fsp3) is 0.267. The van der Waals surface area contributed by atoms with Crippen LogP contribution in [0.4, 0.5) is 34.1 Å². The van der Waals surface area contributed by atoms with Crippen molar-refractivity contribution in [2.75, 3.05) is 9.80 Å². The Morgan fingerprint density at radius 1 is 0.591 bits per heavy atom. The van der Waals surface area contributed by atoms with Gasteiger partial charge in [-0.25, -0.2) is 0 Å². The molecule has 0 saturated heterocycles. The fourth-order valence-electron chi connectivity index (χ4n) is 12.2. The summed E-state index contributed by atoms with van der Waals surface area (Å²) in [5.41, 5.74) is 20.2. The summed E-state index contributed by atoms with van der Waals surface area (Å²) in [5, 5.41) is 3.62. The van der Waals surface area contributed by atoms with E-state index in [2.05, 4.69) is 206 Å². The number of para-hydroxylation sites is 2. The highest BCUT2D eigenvalue weighted by molar-refractivity contribution is 7.99. The van der Waals surface area contributed by atoms with Crippen molar-refractivity contribution in [3.63, 3.8) is 0 Å². The lowest BCUT2D eigenvalue weighted by atomic mass is 9.36. The third kappa shape index (κ3) is 5.58. The van der Waals surface area contributed by atoms with Crippen molar-refractivity contribution in [3.8, 4) is 0 Å². The van der Waals surface area contributed by atoms with Crippen LogP contribution < -0.4 is 25.5 Å². The Labute approximate surface area is 397 Å². The lowest BCUT2D eigenvalue weighted by Gasteiger charge is -2.45. The predicted octanol–water partition coefficient (Wildman–Crippen LogP) is 15.6. The maximum atomic E-state index is 6.95. The second-order valence-electron chi connectivity index (χ2n) is 22.5. The molecule has 7 aromatic carbocycles. The third-order valence-corrected chi connectivity index (χ3v) is 18.3. The number of nitrogens with zero attached hydrogens (tertiary/aromatic N) is 2. The van der Waals surface area contributed by atoms with Crippen LogP contribution in [0, 0.1) is 6.92 Å². The van der Waals surface area contributed by atoms with E-state index in [1.807, 2.05) is 23.1 Å². The zero-order chi connectivity index (χ0) is 45.4. The molecule has 5 heterocycles. The normalized spacial score (nSPS) is 17.3. The summed E-state index contributed by atoms with van der Waals surface area (Å²) in [5.74, 6) is 0. The van der Waals surface area contributed by atoms with E-state index >= 15 is 0 Å². The average molecular weight is 895 g/mol. The van der Waals surface area contributed by atoms with Gasteiger partial charge in [0.2, 0.25) is 0 Å². The van der Waals surface area contributed by atoms with Gasteiger partial charge in [0, 0.05) is 63.6 Å². The molecule has 3 aliphatic heterocycles. The highest BCUT2D eigenvalue weighted by atomic mass is 32.2. The minimum atomic E-state index is -0.193. The van der Waals surface area contributed by atoms with Crippen LogP contribution in [0.5, 0.6) is 0 Å². The Kier molecular flexibility index (Phi) is 8.29. The second-order valence-corrected chi connectivity index (χ2v) is 24.6. The molecule has 0 amide bonds. The van der Waals surface area contributed by atoms with Crippen molar-refractivity contribution in [1.82, 2.24) is 0 Å². The summed E-state index contributed by atoms with van der Waals surface area (Å²) in [7, 11) is 0. The fourth-order valence-corrected chi connectivity index (χ4v) is 14.9. The van der Waals surface area contributed by atoms with Crippen molar-refractivity contribution >= 4 is 112 Å². The highest BCUT2D eigenvalue weighted by Crippen LogP contribution is 2.55. The molecule has 9 aromatic rings. The van der Waals surface area contributed by atoms with Crippen molar-refractivity contribution in [2.45, 2.75) is 114 Å². The summed E-state index contributed by atoms with van der Waals surface area (Å²) in [6.45, 7) is 24.0. The lowest BCUT2D eigenvalue weighted by Crippen LogP contribution is -2.60. The summed E-state index contributed by atoms with van der Waals surface area (Å²) in [4.78, 5) is 7.91. The molecule has 0 bridgehead atoms.